The zero-order valence-electron chi connectivity index (χ0n) is 8.38. The van der Waals surface area contributed by atoms with Crippen LogP contribution in [0.15, 0.2) is 12.3 Å². The molecule has 1 aromatic rings. The van der Waals surface area contributed by atoms with E-state index in [2.05, 4.69) is 5.10 Å². The van der Waals surface area contributed by atoms with E-state index in [9.17, 15) is 18.0 Å². The van der Waals surface area contributed by atoms with Crippen molar-refractivity contribution in [2.24, 2.45) is 5.92 Å². The Morgan fingerprint density at radius 2 is 2.13 bits per heavy atom. The largest absolute Gasteiger partial charge is 0.408 e. The van der Waals surface area contributed by atoms with Crippen molar-refractivity contribution < 1.29 is 18.0 Å². The summed E-state index contributed by atoms with van der Waals surface area (Å²) in [6.45, 7) is 2.18. The summed E-state index contributed by atoms with van der Waals surface area (Å²) in [5.74, 6) is -0.518. The number of aromatic nitrogens is 2. The van der Waals surface area contributed by atoms with Gasteiger partial charge in [0.15, 0.2) is 5.78 Å². The molecule has 0 bridgehead atoms. The van der Waals surface area contributed by atoms with Gasteiger partial charge in [0.25, 0.3) is 0 Å². The highest BCUT2D eigenvalue weighted by molar-refractivity contribution is 5.95. The summed E-state index contributed by atoms with van der Waals surface area (Å²) in [6.07, 6.45) is -3.16. The van der Waals surface area contributed by atoms with Crippen molar-refractivity contribution in [1.82, 2.24) is 9.78 Å². The Morgan fingerprint density at radius 3 is 2.60 bits per heavy atom. The summed E-state index contributed by atoms with van der Waals surface area (Å²) in [5, 5.41) is 3.56. The lowest BCUT2D eigenvalue weighted by molar-refractivity contribution is -0.142. The molecule has 0 saturated heterocycles. The topological polar surface area (TPSA) is 34.9 Å². The molecule has 0 aliphatic carbocycles. The lowest BCUT2D eigenvalue weighted by Crippen LogP contribution is -2.18. The van der Waals surface area contributed by atoms with E-state index in [0.29, 0.717) is 0 Å². The number of rotatable bonds is 3. The highest BCUT2D eigenvalue weighted by Gasteiger charge is 2.28. The zero-order valence-corrected chi connectivity index (χ0v) is 8.38. The maximum Gasteiger partial charge on any atom is 0.408 e. The molecule has 1 aromatic heterocycles. The smallest absolute Gasteiger partial charge is 0.292 e. The van der Waals surface area contributed by atoms with Gasteiger partial charge in [-0.05, 0) is 6.07 Å². The Bertz CT molecular complexity index is 354. The number of alkyl halides is 3. The molecular formula is C9H11F3N2O. The number of ketones is 1. The van der Waals surface area contributed by atoms with E-state index in [0.717, 1.165) is 10.9 Å². The van der Waals surface area contributed by atoms with Crippen molar-refractivity contribution in [3.05, 3.63) is 18.0 Å². The van der Waals surface area contributed by atoms with Gasteiger partial charge in [0.1, 0.15) is 12.2 Å². The second-order valence-electron chi connectivity index (χ2n) is 3.53. The molecule has 15 heavy (non-hydrogen) atoms. The molecule has 0 spiro atoms. The minimum atomic E-state index is -4.32. The van der Waals surface area contributed by atoms with Gasteiger partial charge < -0.3 is 0 Å². The minimum absolute atomic E-state index is 0.0780. The summed E-state index contributed by atoms with van der Waals surface area (Å²) >= 11 is 0. The highest BCUT2D eigenvalue weighted by atomic mass is 19.4. The fourth-order valence-electron chi connectivity index (χ4n) is 1.06. The first-order valence-electron chi connectivity index (χ1n) is 4.44. The van der Waals surface area contributed by atoms with Crippen LogP contribution in [0.3, 0.4) is 0 Å². The van der Waals surface area contributed by atoms with Crippen LogP contribution in [0.1, 0.15) is 24.3 Å². The van der Waals surface area contributed by atoms with E-state index >= 15 is 0 Å². The van der Waals surface area contributed by atoms with Crippen molar-refractivity contribution in [1.29, 1.82) is 0 Å². The van der Waals surface area contributed by atoms with Gasteiger partial charge in [-0.1, -0.05) is 13.8 Å². The van der Waals surface area contributed by atoms with Crippen molar-refractivity contribution in [2.45, 2.75) is 26.6 Å². The standard InChI is InChI=1S/C9H11F3N2O/c1-6(2)8(15)7-3-4-14(13-7)5-9(10,11)12/h3-4,6H,5H2,1-2H3. The number of halogens is 3. The van der Waals surface area contributed by atoms with E-state index in [-0.39, 0.29) is 17.4 Å². The molecule has 0 aliphatic rings. The summed E-state index contributed by atoms with van der Waals surface area (Å²) < 4.78 is 36.6. The quantitative estimate of drug-likeness (QED) is 0.732. The van der Waals surface area contributed by atoms with Crippen LogP contribution >= 0.6 is 0 Å². The van der Waals surface area contributed by atoms with Gasteiger partial charge in [-0.3, -0.25) is 9.48 Å². The fraction of sp³-hybridized carbons (Fsp3) is 0.556. The van der Waals surface area contributed by atoms with Crippen molar-refractivity contribution in [3.63, 3.8) is 0 Å². The number of carbonyl (C=O) groups is 1. The second-order valence-corrected chi connectivity index (χ2v) is 3.53. The minimum Gasteiger partial charge on any atom is -0.292 e. The molecule has 84 valence electrons. The maximum absolute atomic E-state index is 12.0. The van der Waals surface area contributed by atoms with Crippen LogP contribution in [0.25, 0.3) is 0 Å². The number of hydrogen-bond donors (Lipinski definition) is 0. The first-order chi connectivity index (χ1) is 6.79. The van der Waals surface area contributed by atoms with Gasteiger partial charge in [0.05, 0.1) is 0 Å². The highest BCUT2D eigenvalue weighted by Crippen LogP contribution is 2.17. The molecule has 0 amide bonds. The van der Waals surface area contributed by atoms with E-state index in [1.165, 1.54) is 6.07 Å². The molecule has 3 nitrogen and oxygen atoms in total. The van der Waals surface area contributed by atoms with Crippen LogP contribution in [0.4, 0.5) is 13.2 Å². The van der Waals surface area contributed by atoms with Crippen LogP contribution < -0.4 is 0 Å². The molecule has 0 N–H and O–H groups in total. The average molecular weight is 220 g/mol. The summed E-state index contributed by atoms with van der Waals surface area (Å²) in [5.41, 5.74) is 0.0780. The molecule has 0 saturated carbocycles. The van der Waals surface area contributed by atoms with Crippen LogP contribution in [-0.2, 0) is 6.54 Å². The van der Waals surface area contributed by atoms with Gasteiger partial charge in [0, 0.05) is 12.1 Å². The third-order valence-corrected chi connectivity index (χ3v) is 1.76. The predicted molar refractivity (Wildman–Crippen MR) is 47.5 cm³/mol. The number of hydrogen-bond acceptors (Lipinski definition) is 2. The molecule has 0 atom stereocenters. The molecule has 1 rings (SSSR count). The van der Waals surface area contributed by atoms with Crippen molar-refractivity contribution in [3.8, 4) is 0 Å². The lowest BCUT2D eigenvalue weighted by atomic mass is 10.1. The Kier molecular flexibility index (Phi) is 3.16. The summed E-state index contributed by atoms with van der Waals surface area (Å²) in [6, 6.07) is 1.30. The van der Waals surface area contributed by atoms with Gasteiger partial charge in [-0.15, -0.1) is 0 Å². The van der Waals surface area contributed by atoms with Crippen LogP contribution in [0.2, 0.25) is 0 Å². The van der Waals surface area contributed by atoms with Crippen LogP contribution in [0, 0.1) is 5.92 Å². The van der Waals surface area contributed by atoms with Crippen LogP contribution in [-0.4, -0.2) is 21.7 Å². The Morgan fingerprint density at radius 1 is 1.53 bits per heavy atom. The molecular weight excluding hydrogens is 209 g/mol. The molecule has 0 aromatic carbocycles. The van der Waals surface area contributed by atoms with Gasteiger partial charge in [0.2, 0.25) is 0 Å². The van der Waals surface area contributed by atoms with Gasteiger partial charge in [-0.25, -0.2) is 0 Å². The average Bonchev–Trinajstić information content (AvgIpc) is 2.48. The number of Topliss-reactive ketones (excluding diaryl/α,β-unsaturated/α-hetero) is 1. The zero-order chi connectivity index (χ0) is 11.6. The first kappa shape index (κ1) is 11.7. The normalized spacial score (nSPS) is 12.1. The van der Waals surface area contributed by atoms with E-state index in [4.69, 9.17) is 0 Å². The molecule has 0 fully saturated rings. The van der Waals surface area contributed by atoms with E-state index in [1.54, 1.807) is 13.8 Å². The third-order valence-electron chi connectivity index (χ3n) is 1.76. The molecule has 6 heteroatoms. The third kappa shape index (κ3) is 3.38. The summed E-state index contributed by atoms with van der Waals surface area (Å²) in [4.78, 5) is 11.4. The van der Waals surface area contributed by atoms with Crippen molar-refractivity contribution in [2.75, 3.05) is 0 Å². The Hall–Kier alpha value is -1.33. The first-order valence-corrected chi connectivity index (χ1v) is 4.44. The predicted octanol–water partition coefficient (Wildman–Crippen LogP) is 2.28. The SMILES string of the molecule is CC(C)C(=O)c1ccn(CC(F)(F)F)n1. The van der Waals surface area contributed by atoms with Gasteiger partial charge in [-0.2, -0.15) is 18.3 Å². The molecule has 0 aliphatic heterocycles. The van der Waals surface area contributed by atoms with Crippen LogP contribution in [0.5, 0.6) is 0 Å². The number of nitrogens with zero attached hydrogens (tertiary/aromatic N) is 2. The van der Waals surface area contributed by atoms with E-state index < -0.39 is 12.7 Å². The molecule has 1 heterocycles. The van der Waals surface area contributed by atoms with Crippen molar-refractivity contribution >= 4 is 5.78 Å². The van der Waals surface area contributed by atoms with Gasteiger partial charge >= 0.3 is 6.18 Å². The Balaban J connectivity index is 2.77. The number of carbonyl (C=O) groups excluding carboxylic acids is 1. The molecule has 0 unspecified atom stereocenters. The lowest BCUT2D eigenvalue weighted by Gasteiger charge is -2.05. The fourth-order valence-corrected chi connectivity index (χ4v) is 1.06. The Labute approximate surface area is 84.9 Å². The van der Waals surface area contributed by atoms with E-state index in [1.807, 2.05) is 0 Å². The monoisotopic (exact) mass is 220 g/mol. The molecule has 0 radical (unpaired) electrons. The maximum atomic E-state index is 12.0. The summed E-state index contributed by atoms with van der Waals surface area (Å²) in [7, 11) is 0. The second kappa shape index (κ2) is 4.04.